The Morgan fingerprint density at radius 3 is 2.74 bits per heavy atom. The number of pyridine rings is 1. The summed E-state index contributed by atoms with van der Waals surface area (Å²) in [6.07, 6.45) is 1.53. The molecule has 0 atom stereocenters. The molecule has 0 amide bonds. The third kappa shape index (κ3) is 2.19. The van der Waals surface area contributed by atoms with Gasteiger partial charge in [-0.3, -0.25) is 4.79 Å². The number of hydrogen-bond acceptors (Lipinski definition) is 4. The Labute approximate surface area is 110 Å². The normalized spacial score (nSPS) is 10.6. The number of carbonyl (C=O) groups excluding carboxylic acids is 1. The van der Waals surface area contributed by atoms with Gasteiger partial charge in [0.2, 0.25) is 5.43 Å². The van der Waals surface area contributed by atoms with E-state index in [1.807, 2.05) is 17.6 Å². The first-order valence-electron chi connectivity index (χ1n) is 6.18. The van der Waals surface area contributed by atoms with Crippen molar-refractivity contribution in [3.05, 3.63) is 40.2 Å². The van der Waals surface area contributed by atoms with Crippen LogP contribution in [-0.2, 0) is 11.3 Å². The van der Waals surface area contributed by atoms with Gasteiger partial charge >= 0.3 is 5.97 Å². The summed E-state index contributed by atoms with van der Waals surface area (Å²) in [6.45, 7) is 4.49. The molecular formula is C14H16N2O3. The van der Waals surface area contributed by atoms with Crippen molar-refractivity contribution in [2.75, 3.05) is 12.3 Å². The second-order valence-electron chi connectivity index (χ2n) is 4.12. The van der Waals surface area contributed by atoms with Crippen molar-refractivity contribution in [1.82, 2.24) is 4.57 Å². The van der Waals surface area contributed by atoms with E-state index < -0.39 is 5.97 Å². The molecule has 5 nitrogen and oxygen atoms in total. The Morgan fingerprint density at radius 1 is 1.37 bits per heavy atom. The summed E-state index contributed by atoms with van der Waals surface area (Å²) in [5.74, 6) is -0.611. The average molecular weight is 260 g/mol. The third-order valence-corrected chi connectivity index (χ3v) is 2.98. The lowest BCUT2D eigenvalue weighted by atomic mass is 10.1. The molecule has 5 heteroatoms. The number of benzene rings is 1. The summed E-state index contributed by atoms with van der Waals surface area (Å²) >= 11 is 0. The largest absolute Gasteiger partial charge is 0.462 e. The fraction of sp³-hybridized carbons (Fsp3) is 0.286. The van der Waals surface area contributed by atoms with Crippen molar-refractivity contribution in [2.45, 2.75) is 20.4 Å². The van der Waals surface area contributed by atoms with Crippen LogP contribution in [0.25, 0.3) is 10.9 Å². The Morgan fingerprint density at radius 2 is 2.11 bits per heavy atom. The number of aryl methyl sites for hydroxylation is 1. The van der Waals surface area contributed by atoms with Crippen LogP contribution >= 0.6 is 0 Å². The summed E-state index contributed by atoms with van der Waals surface area (Å²) in [7, 11) is 0. The van der Waals surface area contributed by atoms with Gasteiger partial charge in [0, 0.05) is 18.4 Å². The van der Waals surface area contributed by atoms with Gasteiger partial charge in [-0.2, -0.15) is 0 Å². The molecule has 1 heterocycles. The van der Waals surface area contributed by atoms with Gasteiger partial charge in [-0.1, -0.05) is 6.07 Å². The van der Waals surface area contributed by atoms with E-state index in [1.165, 1.54) is 6.20 Å². The Balaban J connectivity index is 2.82. The molecule has 0 saturated carbocycles. The second-order valence-corrected chi connectivity index (χ2v) is 4.12. The number of nitrogens with two attached hydrogens (primary N) is 1. The van der Waals surface area contributed by atoms with Gasteiger partial charge in [0.05, 0.1) is 17.5 Å². The first-order valence-corrected chi connectivity index (χ1v) is 6.18. The Hall–Kier alpha value is -2.30. The number of ether oxygens (including phenoxy) is 1. The van der Waals surface area contributed by atoms with Crippen molar-refractivity contribution in [1.29, 1.82) is 0 Å². The first kappa shape index (κ1) is 13.1. The van der Waals surface area contributed by atoms with Gasteiger partial charge < -0.3 is 15.0 Å². The average Bonchev–Trinajstić information content (AvgIpc) is 2.39. The zero-order valence-electron chi connectivity index (χ0n) is 11.0. The van der Waals surface area contributed by atoms with E-state index in [4.69, 9.17) is 10.5 Å². The van der Waals surface area contributed by atoms with Gasteiger partial charge in [0.15, 0.2) is 0 Å². The highest BCUT2D eigenvalue weighted by molar-refractivity contribution is 5.97. The van der Waals surface area contributed by atoms with Crippen LogP contribution in [0.5, 0.6) is 0 Å². The lowest BCUT2D eigenvalue weighted by molar-refractivity contribution is 0.0524. The van der Waals surface area contributed by atoms with Crippen molar-refractivity contribution in [3.63, 3.8) is 0 Å². The molecule has 0 radical (unpaired) electrons. The second kappa shape index (κ2) is 5.14. The third-order valence-electron chi connectivity index (χ3n) is 2.98. The van der Waals surface area contributed by atoms with E-state index in [1.54, 1.807) is 19.1 Å². The van der Waals surface area contributed by atoms with Gasteiger partial charge in [-0.15, -0.1) is 0 Å². The highest BCUT2D eigenvalue weighted by atomic mass is 16.5. The maximum atomic E-state index is 12.3. The molecule has 2 rings (SSSR count). The zero-order chi connectivity index (χ0) is 14.0. The monoisotopic (exact) mass is 260 g/mol. The minimum absolute atomic E-state index is 0.0223. The van der Waals surface area contributed by atoms with E-state index in [2.05, 4.69) is 0 Å². The van der Waals surface area contributed by atoms with Crippen LogP contribution in [0.4, 0.5) is 5.69 Å². The molecule has 0 aliphatic carbocycles. The molecule has 2 N–H and O–H groups in total. The van der Waals surface area contributed by atoms with E-state index in [0.717, 1.165) is 5.52 Å². The molecule has 0 bridgehead atoms. The molecule has 2 aromatic rings. The fourth-order valence-corrected chi connectivity index (χ4v) is 2.08. The number of nitrogens with zero attached hydrogens (tertiary/aromatic N) is 1. The maximum Gasteiger partial charge on any atom is 0.343 e. The minimum Gasteiger partial charge on any atom is -0.462 e. The smallest absolute Gasteiger partial charge is 0.343 e. The van der Waals surface area contributed by atoms with E-state index in [9.17, 15) is 9.59 Å². The van der Waals surface area contributed by atoms with Crippen molar-refractivity contribution in [2.24, 2.45) is 0 Å². The standard InChI is InChI=1S/C14H16N2O3/c1-3-16-8-9(14(18)19-4-2)13(17)12-10(15)6-5-7-11(12)16/h5-8H,3-4,15H2,1-2H3. The number of esters is 1. The minimum atomic E-state index is -0.611. The quantitative estimate of drug-likeness (QED) is 0.674. The number of rotatable bonds is 3. The lowest BCUT2D eigenvalue weighted by Crippen LogP contribution is -2.21. The maximum absolute atomic E-state index is 12.3. The molecule has 0 unspecified atom stereocenters. The first-order chi connectivity index (χ1) is 9.10. The molecule has 1 aromatic heterocycles. The van der Waals surface area contributed by atoms with Gasteiger partial charge in [0.1, 0.15) is 5.56 Å². The molecule has 0 saturated heterocycles. The van der Waals surface area contributed by atoms with Crippen LogP contribution in [0.2, 0.25) is 0 Å². The number of carbonyl (C=O) groups is 1. The number of fused-ring (bicyclic) bond motifs is 1. The van der Waals surface area contributed by atoms with E-state index >= 15 is 0 Å². The zero-order valence-corrected chi connectivity index (χ0v) is 11.0. The molecule has 19 heavy (non-hydrogen) atoms. The molecular weight excluding hydrogens is 244 g/mol. The predicted octanol–water partition coefficient (Wildman–Crippen LogP) is 1.78. The van der Waals surface area contributed by atoms with Gasteiger partial charge in [0.25, 0.3) is 0 Å². The van der Waals surface area contributed by atoms with Crippen LogP contribution < -0.4 is 11.2 Å². The van der Waals surface area contributed by atoms with Gasteiger partial charge in [-0.25, -0.2) is 4.79 Å². The van der Waals surface area contributed by atoms with Crippen LogP contribution in [0.1, 0.15) is 24.2 Å². The highest BCUT2D eigenvalue weighted by Gasteiger charge is 2.17. The Bertz CT molecular complexity index is 689. The van der Waals surface area contributed by atoms with Gasteiger partial charge in [-0.05, 0) is 26.0 Å². The number of aromatic nitrogens is 1. The molecule has 0 aliphatic heterocycles. The molecule has 100 valence electrons. The SMILES string of the molecule is CCOC(=O)c1cn(CC)c2cccc(N)c2c1=O. The summed E-state index contributed by atoms with van der Waals surface area (Å²) in [5, 5.41) is 0.370. The van der Waals surface area contributed by atoms with Crippen LogP contribution in [0.3, 0.4) is 0 Å². The molecule has 1 aromatic carbocycles. The predicted molar refractivity (Wildman–Crippen MR) is 74.3 cm³/mol. The number of nitrogen functional groups attached to an aromatic ring is 1. The van der Waals surface area contributed by atoms with Crippen molar-refractivity contribution in [3.8, 4) is 0 Å². The molecule has 0 spiro atoms. The van der Waals surface area contributed by atoms with Crippen LogP contribution in [0, 0.1) is 0 Å². The number of hydrogen-bond donors (Lipinski definition) is 1. The summed E-state index contributed by atoms with van der Waals surface area (Å²) in [4.78, 5) is 24.2. The fourth-order valence-electron chi connectivity index (χ4n) is 2.08. The van der Waals surface area contributed by atoms with E-state index in [-0.39, 0.29) is 17.6 Å². The molecule has 0 fully saturated rings. The molecule has 0 aliphatic rings. The van der Waals surface area contributed by atoms with Crippen LogP contribution in [0.15, 0.2) is 29.2 Å². The summed E-state index contributed by atoms with van der Waals surface area (Å²) < 4.78 is 6.72. The number of anilines is 1. The van der Waals surface area contributed by atoms with Crippen molar-refractivity contribution < 1.29 is 9.53 Å². The summed E-state index contributed by atoms with van der Waals surface area (Å²) in [6, 6.07) is 5.25. The lowest BCUT2D eigenvalue weighted by Gasteiger charge is -2.12. The van der Waals surface area contributed by atoms with E-state index in [0.29, 0.717) is 17.6 Å². The van der Waals surface area contributed by atoms with Crippen molar-refractivity contribution >= 4 is 22.6 Å². The van der Waals surface area contributed by atoms with Crippen LogP contribution in [-0.4, -0.2) is 17.1 Å². The highest BCUT2D eigenvalue weighted by Crippen LogP contribution is 2.18. The summed E-state index contributed by atoms with van der Waals surface area (Å²) in [5.41, 5.74) is 6.60. The topological polar surface area (TPSA) is 74.3 Å². The Kier molecular flexibility index (Phi) is 3.55.